The predicted molar refractivity (Wildman–Crippen MR) is 63.8 cm³/mol. The summed E-state index contributed by atoms with van der Waals surface area (Å²) in [6, 6.07) is 4.32. The van der Waals surface area contributed by atoms with Crippen LogP contribution in [0.3, 0.4) is 0 Å². The zero-order valence-electron chi connectivity index (χ0n) is 9.87. The molecule has 1 saturated carbocycles. The van der Waals surface area contributed by atoms with E-state index < -0.39 is 0 Å². The highest BCUT2D eigenvalue weighted by molar-refractivity contribution is 5.20. The highest BCUT2D eigenvalue weighted by Gasteiger charge is 2.26. The molecule has 0 bridgehead atoms. The number of nitrogens with zero attached hydrogens (tertiary/aromatic N) is 1. The van der Waals surface area contributed by atoms with Gasteiger partial charge in [-0.3, -0.25) is 4.98 Å². The van der Waals surface area contributed by atoms with Gasteiger partial charge in [0.05, 0.1) is 0 Å². The van der Waals surface area contributed by atoms with Crippen LogP contribution in [0.2, 0.25) is 0 Å². The maximum absolute atomic E-state index is 4.09. The lowest BCUT2D eigenvalue weighted by Crippen LogP contribution is -2.20. The number of pyridine rings is 1. The first-order chi connectivity index (χ1) is 7.18. The summed E-state index contributed by atoms with van der Waals surface area (Å²) in [7, 11) is 0. The SMILES string of the molecule is CC(C)(CC1CCCC1)c1ccncc1. The highest BCUT2D eigenvalue weighted by atomic mass is 14.6. The van der Waals surface area contributed by atoms with Crippen LogP contribution in [-0.2, 0) is 5.41 Å². The molecule has 1 nitrogen and oxygen atoms in total. The Balaban J connectivity index is 2.05. The van der Waals surface area contributed by atoms with Crippen LogP contribution in [0.25, 0.3) is 0 Å². The third kappa shape index (κ3) is 2.58. The fourth-order valence-electron chi connectivity index (χ4n) is 2.86. The molecule has 0 aliphatic heterocycles. The van der Waals surface area contributed by atoms with Crippen molar-refractivity contribution in [1.82, 2.24) is 4.98 Å². The standard InChI is InChI=1S/C14H21N/c1-14(2,11-12-5-3-4-6-12)13-7-9-15-10-8-13/h7-10,12H,3-6,11H2,1-2H3. The minimum atomic E-state index is 0.317. The molecule has 1 aromatic rings. The second-order valence-corrected chi connectivity index (χ2v) is 5.47. The van der Waals surface area contributed by atoms with Crippen LogP contribution >= 0.6 is 0 Å². The van der Waals surface area contributed by atoms with Gasteiger partial charge in [-0.1, -0.05) is 39.5 Å². The van der Waals surface area contributed by atoms with Gasteiger partial charge in [0.25, 0.3) is 0 Å². The van der Waals surface area contributed by atoms with Gasteiger partial charge in [0.2, 0.25) is 0 Å². The second-order valence-electron chi connectivity index (χ2n) is 5.47. The van der Waals surface area contributed by atoms with Crippen molar-refractivity contribution in [1.29, 1.82) is 0 Å². The summed E-state index contributed by atoms with van der Waals surface area (Å²) in [6.45, 7) is 4.72. The Morgan fingerprint density at radius 1 is 1.20 bits per heavy atom. The average molecular weight is 203 g/mol. The maximum atomic E-state index is 4.09. The summed E-state index contributed by atoms with van der Waals surface area (Å²) in [5, 5.41) is 0. The van der Waals surface area contributed by atoms with E-state index in [9.17, 15) is 0 Å². The molecule has 0 radical (unpaired) electrons. The summed E-state index contributed by atoms with van der Waals surface area (Å²) < 4.78 is 0. The Morgan fingerprint density at radius 3 is 2.40 bits per heavy atom. The summed E-state index contributed by atoms with van der Waals surface area (Å²) >= 11 is 0. The van der Waals surface area contributed by atoms with E-state index in [0.29, 0.717) is 5.41 Å². The first-order valence-electron chi connectivity index (χ1n) is 6.09. The van der Waals surface area contributed by atoms with Gasteiger partial charge in [0.1, 0.15) is 0 Å². The van der Waals surface area contributed by atoms with Gasteiger partial charge < -0.3 is 0 Å². The fraction of sp³-hybridized carbons (Fsp3) is 0.643. The fourth-order valence-corrected chi connectivity index (χ4v) is 2.86. The van der Waals surface area contributed by atoms with Crippen molar-refractivity contribution >= 4 is 0 Å². The molecule has 1 aliphatic carbocycles. The Bertz CT molecular complexity index is 296. The highest BCUT2D eigenvalue weighted by Crippen LogP contribution is 2.37. The number of hydrogen-bond donors (Lipinski definition) is 0. The van der Waals surface area contributed by atoms with Crippen molar-refractivity contribution in [3.63, 3.8) is 0 Å². The van der Waals surface area contributed by atoms with Crippen LogP contribution in [0.5, 0.6) is 0 Å². The van der Waals surface area contributed by atoms with E-state index >= 15 is 0 Å². The van der Waals surface area contributed by atoms with Crippen LogP contribution in [0.15, 0.2) is 24.5 Å². The molecule has 0 atom stereocenters. The van der Waals surface area contributed by atoms with E-state index in [1.165, 1.54) is 37.7 Å². The van der Waals surface area contributed by atoms with Gasteiger partial charge in [0, 0.05) is 12.4 Å². The summed E-state index contributed by atoms with van der Waals surface area (Å²) in [4.78, 5) is 4.09. The van der Waals surface area contributed by atoms with Gasteiger partial charge in [-0.25, -0.2) is 0 Å². The molecule has 2 rings (SSSR count). The van der Waals surface area contributed by atoms with E-state index in [1.54, 1.807) is 0 Å². The third-order valence-electron chi connectivity index (χ3n) is 3.74. The molecule has 1 heteroatoms. The normalized spacial score (nSPS) is 18.3. The average Bonchev–Trinajstić information content (AvgIpc) is 2.71. The maximum Gasteiger partial charge on any atom is 0.0270 e. The van der Waals surface area contributed by atoms with E-state index in [-0.39, 0.29) is 0 Å². The van der Waals surface area contributed by atoms with Crippen molar-refractivity contribution in [3.8, 4) is 0 Å². The lowest BCUT2D eigenvalue weighted by Gasteiger charge is -2.28. The molecule has 0 amide bonds. The molecule has 0 aromatic carbocycles. The largest absolute Gasteiger partial charge is 0.265 e. The van der Waals surface area contributed by atoms with Crippen molar-refractivity contribution in [3.05, 3.63) is 30.1 Å². The summed E-state index contributed by atoms with van der Waals surface area (Å²) in [6.07, 6.45) is 10.9. The molecule has 1 fully saturated rings. The van der Waals surface area contributed by atoms with Crippen LogP contribution < -0.4 is 0 Å². The van der Waals surface area contributed by atoms with E-state index in [2.05, 4.69) is 31.0 Å². The first-order valence-corrected chi connectivity index (χ1v) is 6.09. The van der Waals surface area contributed by atoms with Gasteiger partial charge in [0.15, 0.2) is 0 Å². The second kappa shape index (κ2) is 4.34. The third-order valence-corrected chi connectivity index (χ3v) is 3.74. The smallest absolute Gasteiger partial charge is 0.0270 e. The van der Waals surface area contributed by atoms with Gasteiger partial charge in [-0.2, -0.15) is 0 Å². The molecule has 0 N–H and O–H groups in total. The summed E-state index contributed by atoms with van der Waals surface area (Å²) in [5.41, 5.74) is 1.75. The molecule has 1 aromatic heterocycles. The first kappa shape index (κ1) is 10.7. The van der Waals surface area contributed by atoms with Gasteiger partial charge in [-0.15, -0.1) is 0 Å². The van der Waals surface area contributed by atoms with E-state index in [4.69, 9.17) is 0 Å². The Morgan fingerprint density at radius 2 is 1.80 bits per heavy atom. The van der Waals surface area contributed by atoms with Gasteiger partial charge >= 0.3 is 0 Å². The van der Waals surface area contributed by atoms with Crippen LogP contribution in [0.1, 0.15) is 51.5 Å². The quantitative estimate of drug-likeness (QED) is 0.725. The minimum Gasteiger partial charge on any atom is -0.265 e. The number of aromatic nitrogens is 1. The van der Waals surface area contributed by atoms with Crippen molar-refractivity contribution in [2.75, 3.05) is 0 Å². The molecule has 15 heavy (non-hydrogen) atoms. The molecular formula is C14H21N. The molecule has 0 unspecified atom stereocenters. The van der Waals surface area contributed by atoms with E-state index in [0.717, 1.165) is 5.92 Å². The lowest BCUT2D eigenvalue weighted by atomic mass is 9.77. The predicted octanol–water partition coefficient (Wildman–Crippen LogP) is 3.94. The lowest BCUT2D eigenvalue weighted by molar-refractivity contribution is 0.365. The molecule has 1 aliphatic rings. The van der Waals surface area contributed by atoms with E-state index in [1.807, 2.05) is 12.4 Å². The number of rotatable bonds is 3. The molecular weight excluding hydrogens is 182 g/mol. The van der Waals surface area contributed by atoms with Crippen LogP contribution in [0, 0.1) is 5.92 Å². The Labute approximate surface area is 92.9 Å². The Kier molecular flexibility index (Phi) is 3.08. The molecule has 82 valence electrons. The topological polar surface area (TPSA) is 12.9 Å². The molecule has 0 spiro atoms. The van der Waals surface area contributed by atoms with Gasteiger partial charge in [-0.05, 0) is 35.4 Å². The monoisotopic (exact) mass is 203 g/mol. The van der Waals surface area contributed by atoms with Crippen molar-refractivity contribution in [2.24, 2.45) is 5.92 Å². The van der Waals surface area contributed by atoms with Crippen LogP contribution in [-0.4, -0.2) is 4.98 Å². The van der Waals surface area contributed by atoms with Crippen LogP contribution in [0.4, 0.5) is 0 Å². The zero-order chi connectivity index (χ0) is 10.7. The minimum absolute atomic E-state index is 0.317. The summed E-state index contributed by atoms with van der Waals surface area (Å²) in [5.74, 6) is 0.952. The molecule has 1 heterocycles. The zero-order valence-corrected chi connectivity index (χ0v) is 9.87. The Hall–Kier alpha value is -0.850. The van der Waals surface area contributed by atoms with Crippen molar-refractivity contribution in [2.45, 2.75) is 51.4 Å². The van der Waals surface area contributed by atoms with Crippen molar-refractivity contribution < 1.29 is 0 Å². The molecule has 0 saturated heterocycles. The number of hydrogen-bond acceptors (Lipinski definition) is 1.